The molecule has 0 heterocycles. The van der Waals surface area contributed by atoms with E-state index >= 15 is 0 Å². The van der Waals surface area contributed by atoms with E-state index in [4.69, 9.17) is 0 Å². The minimum absolute atomic E-state index is 0. The smallest absolute Gasteiger partial charge is 0.549 e. The summed E-state index contributed by atoms with van der Waals surface area (Å²) < 4.78 is 0. The van der Waals surface area contributed by atoms with Gasteiger partial charge in [0, 0.05) is 14.9 Å². The molecule has 0 bridgehead atoms. The van der Waals surface area contributed by atoms with Crippen molar-refractivity contribution < 1.29 is 41.5 Å². The zero-order valence-corrected chi connectivity index (χ0v) is 13.3. The second-order valence-corrected chi connectivity index (χ2v) is 5.34. The number of rotatable bonds is 2. The van der Waals surface area contributed by atoms with Gasteiger partial charge >= 0.3 is 21.7 Å². The SMILES string of the molecule is CC1(C(=O)[O-])C=CC=C(C(=O)[O-])C1.C[SiH2]C.[Ti+2]. The van der Waals surface area contributed by atoms with E-state index in [1.807, 2.05) is 0 Å². The number of carboxylic acids is 2. The molecule has 0 aromatic rings. The minimum atomic E-state index is -1.34. The summed E-state index contributed by atoms with van der Waals surface area (Å²) in [7, 11) is 0.417. The van der Waals surface area contributed by atoms with Gasteiger partial charge in [0.2, 0.25) is 0 Å². The average Bonchev–Trinajstić information content (AvgIpc) is 2.18. The number of carboxylic acid groups (broad SMARTS) is 2. The second kappa shape index (κ2) is 8.44. The van der Waals surface area contributed by atoms with Crippen LogP contribution < -0.4 is 10.2 Å². The summed E-state index contributed by atoms with van der Waals surface area (Å²) in [6.07, 6.45) is 4.05. The van der Waals surface area contributed by atoms with E-state index in [1.54, 1.807) is 0 Å². The first-order chi connectivity index (χ1) is 7.37. The number of hydrogen-bond donors (Lipinski definition) is 0. The molecule has 1 aliphatic rings. The van der Waals surface area contributed by atoms with E-state index in [0.717, 1.165) is 0 Å². The summed E-state index contributed by atoms with van der Waals surface area (Å²) in [6, 6.07) is 0. The Morgan fingerprint density at radius 3 is 2.18 bits per heavy atom. The van der Waals surface area contributed by atoms with Gasteiger partial charge in [-0.15, -0.1) is 0 Å². The molecule has 92 valence electrons. The molecule has 1 atom stereocenters. The van der Waals surface area contributed by atoms with Crippen molar-refractivity contribution in [2.24, 2.45) is 5.41 Å². The van der Waals surface area contributed by atoms with Crippen LogP contribution in [0.4, 0.5) is 0 Å². The Hall–Kier alpha value is -0.649. The maximum Gasteiger partial charge on any atom is 2.00 e. The molecule has 0 saturated carbocycles. The quantitative estimate of drug-likeness (QED) is 0.587. The maximum atomic E-state index is 10.6. The molecule has 17 heavy (non-hydrogen) atoms. The Balaban J connectivity index is 0. The van der Waals surface area contributed by atoms with Crippen LogP contribution in [-0.4, -0.2) is 21.5 Å². The summed E-state index contributed by atoms with van der Waals surface area (Å²) in [5, 5.41) is 21.1. The molecule has 6 heteroatoms. The molecule has 4 nitrogen and oxygen atoms in total. The summed E-state index contributed by atoms with van der Waals surface area (Å²) in [5.74, 6) is -2.62. The van der Waals surface area contributed by atoms with Crippen molar-refractivity contribution >= 4 is 21.5 Å². The Morgan fingerprint density at radius 1 is 1.35 bits per heavy atom. The largest absolute Gasteiger partial charge is 2.00 e. The van der Waals surface area contributed by atoms with E-state index in [-0.39, 0.29) is 33.7 Å². The number of aliphatic carboxylic acids is 2. The molecular formula is C11H16O4SiTi. The van der Waals surface area contributed by atoms with Crippen molar-refractivity contribution in [1.82, 2.24) is 0 Å². The number of allylic oxidation sites excluding steroid dienone is 2. The van der Waals surface area contributed by atoms with Crippen LogP contribution in [-0.2, 0) is 31.3 Å². The Kier molecular flexibility index (Phi) is 9.29. The van der Waals surface area contributed by atoms with Crippen molar-refractivity contribution in [2.75, 3.05) is 0 Å². The molecule has 0 fully saturated rings. The van der Waals surface area contributed by atoms with Crippen LogP contribution in [0.5, 0.6) is 0 Å². The van der Waals surface area contributed by atoms with Crippen molar-refractivity contribution in [3.05, 3.63) is 23.8 Å². The van der Waals surface area contributed by atoms with Crippen molar-refractivity contribution in [1.29, 1.82) is 0 Å². The number of hydrogen-bond acceptors (Lipinski definition) is 4. The molecule has 0 aromatic heterocycles. The van der Waals surface area contributed by atoms with Gasteiger partial charge in [-0.25, -0.2) is 0 Å². The second-order valence-electron chi connectivity index (χ2n) is 3.93. The standard InChI is InChI=1S/C9H10O4.C2H8Si.Ti/c1-9(8(12)13)4-2-3-6(5-9)7(10)11;1-3-2;/h2-4H,5H2,1H3,(H,10,11)(H,12,13);3H2,1-2H3;/q;;+2/p-2. The molecular weight excluding hydrogens is 272 g/mol. The third-order valence-corrected chi connectivity index (χ3v) is 2.05. The monoisotopic (exact) mass is 288 g/mol. The Bertz CT molecular complexity index is 338. The summed E-state index contributed by atoms with van der Waals surface area (Å²) in [6.45, 7) is 5.94. The van der Waals surface area contributed by atoms with Crippen LogP contribution in [0.25, 0.3) is 0 Å². The van der Waals surface area contributed by atoms with Crippen LogP contribution in [0, 0.1) is 5.41 Å². The number of carbonyl (C=O) groups excluding carboxylic acids is 2. The minimum Gasteiger partial charge on any atom is -0.549 e. The summed E-state index contributed by atoms with van der Waals surface area (Å²) in [4.78, 5) is 21.1. The molecule has 0 spiro atoms. The summed E-state index contributed by atoms with van der Waals surface area (Å²) in [5.41, 5.74) is -1.25. The number of carbonyl (C=O) groups is 2. The normalized spacial score (nSPS) is 21.5. The van der Waals surface area contributed by atoms with Crippen molar-refractivity contribution in [3.63, 3.8) is 0 Å². The van der Waals surface area contributed by atoms with Gasteiger partial charge in [-0.1, -0.05) is 38.2 Å². The van der Waals surface area contributed by atoms with Crippen molar-refractivity contribution in [2.45, 2.75) is 26.4 Å². The topological polar surface area (TPSA) is 80.3 Å². The molecule has 1 aliphatic carbocycles. The molecule has 0 saturated heterocycles. The van der Waals surface area contributed by atoms with Gasteiger partial charge in [0.15, 0.2) is 0 Å². The fourth-order valence-corrected chi connectivity index (χ4v) is 1.17. The Labute approximate surface area is 119 Å². The van der Waals surface area contributed by atoms with Gasteiger partial charge in [-0.05, 0) is 12.0 Å². The molecule has 0 aromatic carbocycles. The van der Waals surface area contributed by atoms with Gasteiger partial charge < -0.3 is 19.8 Å². The molecule has 0 amide bonds. The van der Waals surface area contributed by atoms with Gasteiger partial charge in [0.1, 0.15) is 0 Å². The predicted molar refractivity (Wildman–Crippen MR) is 60.2 cm³/mol. The molecule has 0 aliphatic heterocycles. The average molecular weight is 288 g/mol. The van der Waals surface area contributed by atoms with E-state index in [2.05, 4.69) is 13.1 Å². The first-order valence-electron chi connectivity index (χ1n) is 5.18. The molecule has 1 unspecified atom stereocenters. The fourth-order valence-electron chi connectivity index (χ4n) is 1.17. The summed E-state index contributed by atoms with van der Waals surface area (Å²) >= 11 is 0. The van der Waals surface area contributed by atoms with Crippen LogP contribution >= 0.6 is 0 Å². The van der Waals surface area contributed by atoms with E-state index in [1.165, 1.54) is 25.2 Å². The van der Waals surface area contributed by atoms with E-state index in [0.29, 0.717) is 9.52 Å². The predicted octanol–water partition coefficient (Wildman–Crippen LogP) is -1.37. The molecule has 1 rings (SSSR count). The van der Waals surface area contributed by atoms with Crippen LogP contribution in [0.3, 0.4) is 0 Å². The van der Waals surface area contributed by atoms with Crippen LogP contribution in [0.15, 0.2) is 23.8 Å². The zero-order chi connectivity index (χ0) is 12.8. The van der Waals surface area contributed by atoms with Gasteiger partial charge in [0.05, 0.1) is 11.9 Å². The fraction of sp³-hybridized carbons (Fsp3) is 0.455. The zero-order valence-electron chi connectivity index (χ0n) is 10.3. The van der Waals surface area contributed by atoms with Gasteiger partial charge in [0.25, 0.3) is 0 Å². The molecule has 0 radical (unpaired) electrons. The third-order valence-electron chi connectivity index (χ3n) is 2.05. The van der Waals surface area contributed by atoms with E-state index in [9.17, 15) is 19.8 Å². The first kappa shape index (κ1) is 18.7. The van der Waals surface area contributed by atoms with E-state index < -0.39 is 17.4 Å². The van der Waals surface area contributed by atoms with Gasteiger partial charge in [-0.3, -0.25) is 0 Å². The Morgan fingerprint density at radius 2 is 1.82 bits per heavy atom. The molecule has 0 N–H and O–H groups in total. The van der Waals surface area contributed by atoms with Gasteiger partial charge in [-0.2, -0.15) is 0 Å². The maximum absolute atomic E-state index is 10.6. The first-order valence-corrected chi connectivity index (χ1v) is 8.01. The third kappa shape index (κ3) is 6.00. The van der Waals surface area contributed by atoms with Crippen LogP contribution in [0.1, 0.15) is 13.3 Å². The van der Waals surface area contributed by atoms with Crippen LogP contribution in [0.2, 0.25) is 13.1 Å². The van der Waals surface area contributed by atoms with Crippen molar-refractivity contribution in [3.8, 4) is 0 Å².